The molecule has 0 radical (unpaired) electrons. The predicted octanol–water partition coefficient (Wildman–Crippen LogP) is 3.36. The molecule has 138 valence electrons. The van der Waals surface area contributed by atoms with Gasteiger partial charge in [-0.25, -0.2) is 0 Å². The van der Waals surface area contributed by atoms with Gasteiger partial charge in [0.15, 0.2) is 0 Å². The second-order valence-electron chi connectivity index (χ2n) is 10.2. The van der Waals surface area contributed by atoms with E-state index in [4.69, 9.17) is 0 Å². The Morgan fingerprint density at radius 2 is 1.71 bits per heavy atom. The van der Waals surface area contributed by atoms with Crippen LogP contribution in [0.25, 0.3) is 0 Å². The summed E-state index contributed by atoms with van der Waals surface area (Å²) in [5.74, 6) is 2.59. The Kier molecular flexibility index (Phi) is 4.10. The van der Waals surface area contributed by atoms with Crippen LogP contribution in [0.3, 0.4) is 0 Å². The Labute approximate surface area is 146 Å². The molecular formula is C21H36O3. The van der Waals surface area contributed by atoms with E-state index >= 15 is 0 Å². The molecule has 0 spiro atoms. The predicted molar refractivity (Wildman–Crippen MR) is 94.3 cm³/mol. The number of aliphatic hydroxyl groups excluding tert-OH is 3. The van der Waals surface area contributed by atoms with Gasteiger partial charge in [0, 0.05) is 0 Å². The second kappa shape index (κ2) is 5.69. The Hall–Kier alpha value is -0.120. The molecular weight excluding hydrogens is 300 g/mol. The van der Waals surface area contributed by atoms with Crippen molar-refractivity contribution in [1.29, 1.82) is 0 Å². The molecule has 4 saturated carbocycles. The lowest BCUT2D eigenvalue weighted by atomic mass is 9.44. The molecule has 0 bridgehead atoms. The summed E-state index contributed by atoms with van der Waals surface area (Å²) in [5, 5.41) is 31.7. The fourth-order valence-corrected chi connectivity index (χ4v) is 8.19. The molecule has 24 heavy (non-hydrogen) atoms. The minimum atomic E-state index is -0.263. The summed E-state index contributed by atoms with van der Waals surface area (Å²) in [4.78, 5) is 0. The van der Waals surface area contributed by atoms with E-state index in [0.717, 1.165) is 32.1 Å². The largest absolute Gasteiger partial charge is 0.393 e. The van der Waals surface area contributed by atoms with E-state index in [1.807, 2.05) is 6.92 Å². The van der Waals surface area contributed by atoms with E-state index < -0.39 is 0 Å². The average molecular weight is 337 g/mol. The lowest BCUT2D eigenvalue weighted by Gasteiger charge is -2.62. The molecule has 0 amide bonds. The van der Waals surface area contributed by atoms with Gasteiger partial charge in [0.25, 0.3) is 0 Å². The van der Waals surface area contributed by atoms with Crippen molar-refractivity contribution < 1.29 is 15.3 Å². The van der Waals surface area contributed by atoms with Crippen molar-refractivity contribution >= 4 is 0 Å². The van der Waals surface area contributed by atoms with E-state index in [2.05, 4.69) is 13.8 Å². The smallest absolute Gasteiger partial charge is 0.0581 e. The van der Waals surface area contributed by atoms with Crippen LogP contribution in [-0.2, 0) is 0 Å². The topological polar surface area (TPSA) is 60.7 Å². The lowest BCUT2D eigenvalue weighted by Crippen LogP contribution is -2.59. The summed E-state index contributed by atoms with van der Waals surface area (Å²) in [6.07, 6.45) is 7.91. The van der Waals surface area contributed by atoms with E-state index in [1.165, 1.54) is 19.3 Å². The van der Waals surface area contributed by atoms with Crippen LogP contribution < -0.4 is 0 Å². The van der Waals surface area contributed by atoms with Gasteiger partial charge in [-0.15, -0.1) is 0 Å². The van der Waals surface area contributed by atoms with Crippen LogP contribution in [0.5, 0.6) is 0 Å². The molecule has 10 atom stereocenters. The highest BCUT2D eigenvalue weighted by atomic mass is 16.3. The van der Waals surface area contributed by atoms with Gasteiger partial charge >= 0.3 is 0 Å². The molecule has 0 unspecified atom stereocenters. The van der Waals surface area contributed by atoms with Gasteiger partial charge in [-0.1, -0.05) is 13.8 Å². The van der Waals surface area contributed by atoms with E-state index in [0.29, 0.717) is 29.6 Å². The molecule has 0 aromatic rings. The van der Waals surface area contributed by atoms with Crippen LogP contribution in [-0.4, -0.2) is 33.6 Å². The SMILES string of the molecule is C[C@@H](O)[C@H]1CC[C@H]2[C@@H]3CC[C@@H]4C[C@H](O)CC[C@]4(C)[C@H]3[C@@H](O)C[C@]12C. The summed E-state index contributed by atoms with van der Waals surface area (Å²) >= 11 is 0. The second-order valence-corrected chi connectivity index (χ2v) is 10.2. The van der Waals surface area contributed by atoms with Crippen molar-refractivity contribution in [2.24, 2.45) is 40.4 Å². The number of fused-ring (bicyclic) bond motifs is 5. The van der Waals surface area contributed by atoms with Crippen molar-refractivity contribution in [3.8, 4) is 0 Å². The summed E-state index contributed by atoms with van der Waals surface area (Å²) in [5.41, 5.74) is 0.304. The number of aliphatic hydroxyl groups is 3. The highest BCUT2D eigenvalue weighted by Crippen LogP contribution is 2.67. The molecule has 0 aromatic heterocycles. The third-order valence-corrected chi connectivity index (χ3v) is 9.22. The Balaban J connectivity index is 1.66. The zero-order chi connectivity index (χ0) is 17.3. The van der Waals surface area contributed by atoms with Gasteiger partial charge in [-0.3, -0.25) is 0 Å². The Bertz CT molecular complexity index is 491. The zero-order valence-electron chi connectivity index (χ0n) is 15.6. The Morgan fingerprint density at radius 3 is 2.42 bits per heavy atom. The molecule has 0 saturated heterocycles. The summed E-state index contributed by atoms with van der Waals surface area (Å²) in [6.45, 7) is 6.70. The molecule has 3 N–H and O–H groups in total. The monoisotopic (exact) mass is 336 g/mol. The van der Waals surface area contributed by atoms with Gasteiger partial charge < -0.3 is 15.3 Å². The molecule has 4 aliphatic carbocycles. The maximum absolute atomic E-state index is 11.2. The van der Waals surface area contributed by atoms with Crippen molar-refractivity contribution in [1.82, 2.24) is 0 Å². The van der Waals surface area contributed by atoms with E-state index in [9.17, 15) is 15.3 Å². The highest BCUT2D eigenvalue weighted by molar-refractivity contribution is 5.12. The third-order valence-electron chi connectivity index (χ3n) is 9.22. The molecule has 3 heteroatoms. The standard InChI is InChI=1S/C21H36O3/c1-12(22)16-6-7-17-15-5-4-13-10-14(23)8-9-20(13,2)19(15)18(24)11-21(16,17)3/h12-19,22-24H,4-11H2,1-3H3/t12-,13-,14-,15+,16-,17+,18+,19-,20+,21-/m1/s1. The van der Waals surface area contributed by atoms with Gasteiger partial charge in [0.1, 0.15) is 0 Å². The van der Waals surface area contributed by atoms with Crippen LogP contribution in [0.4, 0.5) is 0 Å². The van der Waals surface area contributed by atoms with Crippen LogP contribution >= 0.6 is 0 Å². The third kappa shape index (κ3) is 2.27. The molecule has 4 rings (SSSR count). The molecule has 4 aliphatic rings. The van der Waals surface area contributed by atoms with Crippen molar-refractivity contribution in [2.45, 2.75) is 90.4 Å². The first-order valence-corrected chi connectivity index (χ1v) is 10.3. The highest BCUT2D eigenvalue weighted by Gasteiger charge is 2.63. The van der Waals surface area contributed by atoms with Crippen LogP contribution in [0, 0.1) is 40.4 Å². The van der Waals surface area contributed by atoms with Crippen molar-refractivity contribution in [2.75, 3.05) is 0 Å². The molecule has 0 aliphatic heterocycles. The fraction of sp³-hybridized carbons (Fsp3) is 1.00. The minimum absolute atomic E-state index is 0.103. The number of hydrogen-bond donors (Lipinski definition) is 3. The number of hydrogen-bond acceptors (Lipinski definition) is 3. The molecule has 0 aromatic carbocycles. The van der Waals surface area contributed by atoms with E-state index in [-0.39, 0.29) is 29.1 Å². The maximum atomic E-state index is 11.2. The normalized spacial score (nSPS) is 58.5. The van der Waals surface area contributed by atoms with Gasteiger partial charge in [-0.05, 0) is 98.7 Å². The van der Waals surface area contributed by atoms with Crippen molar-refractivity contribution in [3.05, 3.63) is 0 Å². The van der Waals surface area contributed by atoms with Crippen LogP contribution in [0.1, 0.15) is 72.1 Å². The first-order valence-electron chi connectivity index (χ1n) is 10.3. The van der Waals surface area contributed by atoms with Gasteiger partial charge in [-0.2, -0.15) is 0 Å². The Morgan fingerprint density at radius 1 is 0.958 bits per heavy atom. The number of rotatable bonds is 1. The minimum Gasteiger partial charge on any atom is -0.393 e. The summed E-state index contributed by atoms with van der Waals surface area (Å²) in [7, 11) is 0. The first-order chi connectivity index (χ1) is 11.3. The van der Waals surface area contributed by atoms with Crippen molar-refractivity contribution in [3.63, 3.8) is 0 Å². The summed E-state index contributed by atoms with van der Waals surface area (Å²) < 4.78 is 0. The molecule has 0 heterocycles. The quantitative estimate of drug-likeness (QED) is 0.688. The molecule has 3 nitrogen and oxygen atoms in total. The van der Waals surface area contributed by atoms with Crippen LogP contribution in [0.2, 0.25) is 0 Å². The lowest BCUT2D eigenvalue weighted by molar-refractivity contribution is -0.181. The first kappa shape index (κ1) is 17.3. The average Bonchev–Trinajstić information content (AvgIpc) is 2.84. The fourth-order valence-electron chi connectivity index (χ4n) is 8.19. The van der Waals surface area contributed by atoms with Gasteiger partial charge in [0.2, 0.25) is 0 Å². The van der Waals surface area contributed by atoms with Crippen LogP contribution in [0.15, 0.2) is 0 Å². The zero-order valence-corrected chi connectivity index (χ0v) is 15.6. The molecule has 4 fully saturated rings. The summed E-state index contributed by atoms with van der Waals surface area (Å²) in [6, 6.07) is 0. The van der Waals surface area contributed by atoms with E-state index in [1.54, 1.807) is 0 Å². The maximum Gasteiger partial charge on any atom is 0.0581 e. The van der Waals surface area contributed by atoms with Gasteiger partial charge in [0.05, 0.1) is 18.3 Å².